The summed E-state index contributed by atoms with van der Waals surface area (Å²) >= 11 is 0. The van der Waals surface area contributed by atoms with Crippen LogP contribution in [-0.4, -0.2) is 11.4 Å². The van der Waals surface area contributed by atoms with Gasteiger partial charge < -0.3 is 5.73 Å². The second kappa shape index (κ2) is 4.96. The Morgan fingerprint density at radius 3 is 2.40 bits per heavy atom. The maximum absolute atomic E-state index is 5.96. The van der Waals surface area contributed by atoms with E-state index < -0.39 is 0 Å². The van der Waals surface area contributed by atoms with E-state index in [0.29, 0.717) is 5.84 Å². The number of hydrogen-bond acceptors (Lipinski definition) is 1. The molecule has 0 radical (unpaired) electrons. The van der Waals surface area contributed by atoms with Gasteiger partial charge in [0.2, 0.25) is 0 Å². The lowest BCUT2D eigenvalue weighted by Gasteiger charge is -2.19. The fourth-order valence-corrected chi connectivity index (χ4v) is 1.67. The molecule has 0 atom stereocenters. The van der Waals surface area contributed by atoms with Crippen molar-refractivity contribution >= 4 is 5.84 Å². The van der Waals surface area contributed by atoms with Crippen molar-refractivity contribution in [1.29, 1.82) is 0 Å². The zero-order chi connectivity index (χ0) is 11.3. The van der Waals surface area contributed by atoms with Crippen molar-refractivity contribution in [2.45, 2.75) is 39.2 Å². The summed E-state index contributed by atoms with van der Waals surface area (Å²) in [4.78, 5) is 4.56. The van der Waals surface area contributed by atoms with Crippen molar-refractivity contribution < 1.29 is 0 Å². The Balaban J connectivity index is 2.84. The summed E-state index contributed by atoms with van der Waals surface area (Å²) in [7, 11) is 0. The van der Waals surface area contributed by atoms with Crippen molar-refractivity contribution in [1.82, 2.24) is 0 Å². The van der Waals surface area contributed by atoms with E-state index in [4.69, 9.17) is 5.73 Å². The minimum atomic E-state index is -0.0608. The third kappa shape index (κ3) is 3.74. The van der Waals surface area contributed by atoms with Crippen LogP contribution in [0.4, 0.5) is 0 Å². The van der Waals surface area contributed by atoms with Crippen molar-refractivity contribution in [2.75, 3.05) is 0 Å². The Labute approximate surface area is 92.2 Å². The van der Waals surface area contributed by atoms with Gasteiger partial charge in [0.25, 0.3) is 0 Å². The van der Waals surface area contributed by atoms with Gasteiger partial charge in [0, 0.05) is 5.56 Å². The van der Waals surface area contributed by atoms with Crippen LogP contribution in [0.3, 0.4) is 0 Å². The summed E-state index contributed by atoms with van der Waals surface area (Å²) in [5.74, 6) is 0.633. The fourth-order valence-electron chi connectivity index (χ4n) is 1.67. The summed E-state index contributed by atoms with van der Waals surface area (Å²) in [6.07, 6.45) is 2.18. The smallest absolute Gasteiger partial charge is 0.126 e. The number of rotatable bonds is 4. The highest BCUT2D eigenvalue weighted by Crippen LogP contribution is 2.17. The quantitative estimate of drug-likeness (QED) is 0.594. The van der Waals surface area contributed by atoms with Crippen LogP contribution in [-0.2, 0) is 0 Å². The molecule has 0 aliphatic heterocycles. The Kier molecular flexibility index (Phi) is 3.89. The molecule has 0 unspecified atom stereocenters. The van der Waals surface area contributed by atoms with Crippen LogP contribution in [0, 0.1) is 0 Å². The molecule has 2 heteroatoms. The molecule has 0 heterocycles. The highest BCUT2D eigenvalue weighted by atomic mass is 14.9. The van der Waals surface area contributed by atoms with E-state index in [1.807, 2.05) is 30.3 Å². The van der Waals surface area contributed by atoms with Gasteiger partial charge >= 0.3 is 0 Å². The van der Waals surface area contributed by atoms with Gasteiger partial charge in [-0.2, -0.15) is 0 Å². The topological polar surface area (TPSA) is 38.4 Å². The molecule has 0 aliphatic rings. The van der Waals surface area contributed by atoms with Crippen LogP contribution >= 0.6 is 0 Å². The summed E-state index contributed by atoms with van der Waals surface area (Å²) < 4.78 is 0. The zero-order valence-corrected chi connectivity index (χ0v) is 9.83. The van der Waals surface area contributed by atoms with Gasteiger partial charge in [-0.1, -0.05) is 43.7 Å². The van der Waals surface area contributed by atoms with E-state index in [2.05, 4.69) is 25.8 Å². The van der Waals surface area contributed by atoms with E-state index >= 15 is 0 Å². The van der Waals surface area contributed by atoms with Gasteiger partial charge in [-0.25, -0.2) is 0 Å². The summed E-state index contributed by atoms with van der Waals surface area (Å²) in [5.41, 5.74) is 6.90. The average Bonchev–Trinajstić information content (AvgIpc) is 2.18. The molecular weight excluding hydrogens is 184 g/mol. The first-order chi connectivity index (χ1) is 7.05. The first-order valence-corrected chi connectivity index (χ1v) is 5.46. The molecule has 0 aliphatic carbocycles. The molecule has 2 nitrogen and oxygen atoms in total. The minimum Gasteiger partial charge on any atom is -0.383 e. The normalized spacial score (nSPS) is 12.9. The molecule has 2 N–H and O–H groups in total. The van der Waals surface area contributed by atoms with Crippen molar-refractivity contribution in [3.63, 3.8) is 0 Å². The van der Waals surface area contributed by atoms with Crippen LogP contribution in [0.1, 0.15) is 39.2 Å². The Hall–Kier alpha value is -1.31. The second-order valence-corrected chi connectivity index (χ2v) is 4.43. The Morgan fingerprint density at radius 1 is 1.27 bits per heavy atom. The number of aliphatic imine (C=N–C) groups is 1. The van der Waals surface area contributed by atoms with E-state index in [-0.39, 0.29) is 5.54 Å². The van der Waals surface area contributed by atoms with Gasteiger partial charge in [-0.05, 0) is 20.3 Å². The average molecular weight is 204 g/mol. The summed E-state index contributed by atoms with van der Waals surface area (Å²) in [6.45, 7) is 6.40. The molecule has 1 aromatic carbocycles. The molecule has 82 valence electrons. The first kappa shape index (κ1) is 11.8. The SMILES string of the molecule is CCCC(C)(C)N=C(N)c1ccccc1. The number of nitrogens with zero attached hydrogens (tertiary/aromatic N) is 1. The monoisotopic (exact) mass is 204 g/mol. The van der Waals surface area contributed by atoms with Gasteiger partial charge in [-0.15, -0.1) is 0 Å². The molecule has 0 bridgehead atoms. The molecule has 0 saturated heterocycles. The molecule has 0 fully saturated rings. The molecule has 0 spiro atoms. The largest absolute Gasteiger partial charge is 0.383 e. The zero-order valence-electron chi connectivity index (χ0n) is 9.83. The van der Waals surface area contributed by atoms with Crippen molar-refractivity contribution in [2.24, 2.45) is 10.7 Å². The van der Waals surface area contributed by atoms with Crippen LogP contribution < -0.4 is 5.73 Å². The lowest BCUT2D eigenvalue weighted by atomic mass is 10.00. The summed E-state index contributed by atoms with van der Waals surface area (Å²) in [6, 6.07) is 9.91. The van der Waals surface area contributed by atoms with E-state index in [1.165, 1.54) is 0 Å². The van der Waals surface area contributed by atoms with E-state index in [1.54, 1.807) is 0 Å². The van der Waals surface area contributed by atoms with Crippen LogP contribution in [0.25, 0.3) is 0 Å². The fraction of sp³-hybridized carbons (Fsp3) is 0.462. The summed E-state index contributed by atoms with van der Waals surface area (Å²) in [5, 5.41) is 0. The number of hydrogen-bond donors (Lipinski definition) is 1. The third-order valence-electron chi connectivity index (χ3n) is 2.35. The van der Waals surface area contributed by atoms with E-state index in [9.17, 15) is 0 Å². The number of benzene rings is 1. The predicted molar refractivity (Wildman–Crippen MR) is 66.2 cm³/mol. The van der Waals surface area contributed by atoms with Crippen LogP contribution in [0.15, 0.2) is 35.3 Å². The van der Waals surface area contributed by atoms with Crippen molar-refractivity contribution in [3.8, 4) is 0 Å². The van der Waals surface area contributed by atoms with Gasteiger partial charge in [0.15, 0.2) is 0 Å². The van der Waals surface area contributed by atoms with Gasteiger partial charge in [-0.3, -0.25) is 4.99 Å². The highest BCUT2D eigenvalue weighted by Gasteiger charge is 2.15. The molecule has 1 rings (SSSR count). The van der Waals surface area contributed by atoms with Gasteiger partial charge in [0.1, 0.15) is 5.84 Å². The molecule has 1 aromatic rings. The standard InChI is InChI=1S/C13H20N2/c1-4-10-13(2,3)15-12(14)11-8-6-5-7-9-11/h5-9H,4,10H2,1-3H3,(H2,14,15). The first-order valence-electron chi connectivity index (χ1n) is 5.46. The minimum absolute atomic E-state index is 0.0608. The molecule has 0 saturated carbocycles. The lowest BCUT2D eigenvalue weighted by molar-refractivity contribution is 0.473. The molecular formula is C13H20N2. The maximum atomic E-state index is 5.96. The second-order valence-electron chi connectivity index (χ2n) is 4.43. The highest BCUT2D eigenvalue weighted by molar-refractivity contribution is 5.97. The Morgan fingerprint density at radius 2 is 1.87 bits per heavy atom. The van der Waals surface area contributed by atoms with Crippen molar-refractivity contribution in [3.05, 3.63) is 35.9 Å². The predicted octanol–water partition coefficient (Wildman–Crippen LogP) is 2.97. The van der Waals surface area contributed by atoms with E-state index in [0.717, 1.165) is 18.4 Å². The molecule has 0 aromatic heterocycles. The third-order valence-corrected chi connectivity index (χ3v) is 2.35. The molecule has 15 heavy (non-hydrogen) atoms. The van der Waals surface area contributed by atoms with Gasteiger partial charge in [0.05, 0.1) is 5.54 Å². The lowest BCUT2D eigenvalue weighted by Crippen LogP contribution is -2.24. The van der Waals surface area contributed by atoms with Crippen LogP contribution in [0.5, 0.6) is 0 Å². The Bertz CT molecular complexity index is 326. The number of nitrogens with two attached hydrogens (primary N) is 1. The molecule has 0 amide bonds. The maximum Gasteiger partial charge on any atom is 0.126 e. The number of amidine groups is 1. The van der Waals surface area contributed by atoms with Crippen LogP contribution in [0.2, 0.25) is 0 Å².